The molecule has 0 saturated heterocycles. The van der Waals surface area contributed by atoms with Gasteiger partial charge in [0.25, 0.3) is 5.69 Å². The lowest BCUT2D eigenvalue weighted by Gasteiger charge is -2.20. The van der Waals surface area contributed by atoms with E-state index in [9.17, 15) is 10.1 Å². The second kappa shape index (κ2) is 7.40. The van der Waals surface area contributed by atoms with Gasteiger partial charge in [0.2, 0.25) is 0 Å². The van der Waals surface area contributed by atoms with Gasteiger partial charge in [-0.05, 0) is 48.9 Å². The van der Waals surface area contributed by atoms with Crippen LogP contribution in [0, 0.1) is 10.1 Å². The molecule has 0 bridgehead atoms. The van der Waals surface area contributed by atoms with Gasteiger partial charge in [-0.2, -0.15) is 5.10 Å². The summed E-state index contributed by atoms with van der Waals surface area (Å²) >= 11 is 0. The first kappa shape index (κ1) is 16.4. The zero-order chi connectivity index (χ0) is 17.6. The van der Waals surface area contributed by atoms with Gasteiger partial charge in [0.15, 0.2) is 0 Å². The first-order valence-electron chi connectivity index (χ1n) is 7.85. The highest BCUT2D eigenvalue weighted by Crippen LogP contribution is 2.26. The molecule has 0 aromatic heterocycles. The van der Waals surface area contributed by atoms with Gasteiger partial charge in [0.05, 0.1) is 22.0 Å². The highest BCUT2D eigenvalue weighted by Gasteiger charge is 2.10. The summed E-state index contributed by atoms with van der Waals surface area (Å²) in [4.78, 5) is 10.4. The second-order valence-corrected chi connectivity index (χ2v) is 5.47. The maximum atomic E-state index is 10.8. The molecule has 3 aromatic carbocycles. The molecule has 3 rings (SSSR count). The van der Waals surface area contributed by atoms with Gasteiger partial charge in [-0.3, -0.25) is 10.1 Å². The van der Waals surface area contributed by atoms with Crippen molar-refractivity contribution in [2.75, 3.05) is 5.01 Å². The number of hydrogen-bond donors (Lipinski definition) is 0. The third kappa shape index (κ3) is 3.90. The fraction of sp³-hybridized carbons (Fsp3) is 0.0500. The predicted molar refractivity (Wildman–Crippen MR) is 100 cm³/mol. The number of nitrogens with zero attached hydrogens (tertiary/aromatic N) is 3. The van der Waals surface area contributed by atoms with E-state index in [1.54, 1.807) is 12.1 Å². The molecule has 124 valence electrons. The van der Waals surface area contributed by atoms with E-state index < -0.39 is 4.92 Å². The summed E-state index contributed by atoms with van der Waals surface area (Å²) in [5.41, 5.74) is 3.55. The van der Waals surface area contributed by atoms with Gasteiger partial charge in [0.1, 0.15) is 0 Å². The molecule has 0 N–H and O–H groups in total. The maximum absolute atomic E-state index is 10.8. The van der Waals surface area contributed by atoms with Gasteiger partial charge in [-0.1, -0.05) is 36.4 Å². The molecule has 0 amide bonds. The largest absolute Gasteiger partial charge is 0.269 e. The molecule has 0 heterocycles. The molecule has 0 spiro atoms. The van der Waals surface area contributed by atoms with Gasteiger partial charge in [-0.25, -0.2) is 5.01 Å². The van der Waals surface area contributed by atoms with Crippen molar-refractivity contribution in [2.45, 2.75) is 6.92 Å². The average Bonchev–Trinajstić information content (AvgIpc) is 2.67. The molecule has 5 heteroatoms. The molecule has 0 radical (unpaired) electrons. The highest BCUT2D eigenvalue weighted by atomic mass is 16.6. The standard InChI is InChI=1S/C20H17N3O2/c1-16(17-12-14-20(15-13-17)23(24)25)21-22(18-8-4-2-5-9-18)19-10-6-3-7-11-19/h2-15H,1H3. The Kier molecular flexibility index (Phi) is 4.85. The molecule has 0 aliphatic rings. The summed E-state index contributed by atoms with van der Waals surface area (Å²) in [5, 5.41) is 17.4. The molecule has 0 fully saturated rings. The molecule has 3 aromatic rings. The molecular weight excluding hydrogens is 314 g/mol. The number of anilines is 2. The van der Waals surface area contributed by atoms with E-state index in [-0.39, 0.29) is 5.69 Å². The smallest absolute Gasteiger partial charge is 0.258 e. The van der Waals surface area contributed by atoms with Crippen LogP contribution in [0.3, 0.4) is 0 Å². The number of rotatable bonds is 5. The van der Waals surface area contributed by atoms with Gasteiger partial charge >= 0.3 is 0 Å². The molecular formula is C20H17N3O2. The quantitative estimate of drug-likeness (QED) is 0.369. The van der Waals surface area contributed by atoms with Crippen LogP contribution in [0.1, 0.15) is 12.5 Å². The summed E-state index contributed by atoms with van der Waals surface area (Å²) in [6, 6.07) is 26.1. The maximum Gasteiger partial charge on any atom is 0.269 e. The third-order valence-electron chi connectivity index (χ3n) is 3.75. The van der Waals surface area contributed by atoms with Crippen LogP contribution < -0.4 is 5.01 Å². The molecule has 0 atom stereocenters. The summed E-state index contributed by atoms with van der Waals surface area (Å²) in [7, 11) is 0. The second-order valence-electron chi connectivity index (χ2n) is 5.47. The van der Waals surface area contributed by atoms with E-state index in [2.05, 4.69) is 0 Å². The van der Waals surface area contributed by atoms with Crippen LogP contribution in [0.25, 0.3) is 0 Å². The molecule has 5 nitrogen and oxygen atoms in total. The van der Waals surface area contributed by atoms with E-state index in [1.165, 1.54) is 12.1 Å². The fourth-order valence-electron chi connectivity index (χ4n) is 2.44. The number of nitro benzene ring substituents is 1. The Balaban J connectivity index is 1.99. The minimum absolute atomic E-state index is 0.0690. The fourth-order valence-corrected chi connectivity index (χ4v) is 2.44. The Morgan fingerprint density at radius 1 is 0.840 bits per heavy atom. The monoisotopic (exact) mass is 331 g/mol. The molecule has 0 unspecified atom stereocenters. The van der Waals surface area contributed by atoms with Crippen molar-refractivity contribution in [2.24, 2.45) is 5.10 Å². The van der Waals surface area contributed by atoms with E-state index >= 15 is 0 Å². The van der Waals surface area contributed by atoms with Crippen LogP contribution in [0.15, 0.2) is 90.0 Å². The lowest BCUT2D eigenvalue weighted by atomic mass is 10.1. The molecule has 0 aliphatic carbocycles. The SMILES string of the molecule is CC(=NN(c1ccccc1)c1ccccc1)c1ccc([N+](=O)[O-])cc1. The Labute approximate surface area is 146 Å². The Bertz CT molecular complexity index is 836. The number of hydrazone groups is 1. The zero-order valence-electron chi connectivity index (χ0n) is 13.7. The van der Waals surface area contributed by atoms with Gasteiger partial charge in [-0.15, -0.1) is 0 Å². The summed E-state index contributed by atoms with van der Waals surface area (Å²) < 4.78 is 0. The van der Waals surface area contributed by atoms with Crippen molar-refractivity contribution in [3.8, 4) is 0 Å². The number of non-ortho nitro benzene ring substituents is 1. The number of para-hydroxylation sites is 2. The van der Waals surface area contributed by atoms with Crippen molar-refractivity contribution < 1.29 is 4.92 Å². The van der Waals surface area contributed by atoms with E-state index in [4.69, 9.17) is 5.10 Å². The first-order valence-corrected chi connectivity index (χ1v) is 7.85. The van der Waals surface area contributed by atoms with Crippen LogP contribution in [-0.2, 0) is 0 Å². The summed E-state index contributed by atoms with van der Waals surface area (Å²) in [6.07, 6.45) is 0. The predicted octanol–water partition coefficient (Wildman–Crippen LogP) is 5.16. The van der Waals surface area contributed by atoms with Crippen LogP contribution in [0.4, 0.5) is 17.1 Å². The number of benzene rings is 3. The number of hydrogen-bond acceptors (Lipinski definition) is 4. The van der Waals surface area contributed by atoms with Crippen LogP contribution >= 0.6 is 0 Å². The van der Waals surface area contributed by atoms with E-state index in [0.29, 0.717) is 0 Å². The van der Waals surface area contributed by atoms with Crippen molar-refractivity contribution in [3.05, 3.63) is 101 Å². The van der Waals surface area contributed by atoms with Crippen molar-refractivity contribution in [3.63, 3.8) is 0 Å². The first-order chi connectivity index (χ1) is 12.1. The topological polar surface area (TPSA) is 58.7 Å². The van der Waals surface area contributed by atoms with Crippen LogP contribution in [0.2, 0.25) is 0 Å². The normalized spacial score (nSPS) is 11.2. The van der Waals surface area contributed by atoms with E-state index in [1.807, 2.05) is 72.6 Å². The Hall–Kier alpha value is -3.47. The highest BCUT2D eigenvalue weighted by molar-refractivity contribution is 5.99. The zero-order valence-corrected chi connectivity index (χ0v) is 13.7. The van der Waals surface area contributed by atoms with Gasteiger partial charge in [0, 0.05) is 12.1 Å². The average molecular weight is 331 g/mol. The van der Waals surface area contributed by atoms with Crippen molar-refractivity contribution in [1.82, 2.24) is 0 Å². The lowest BCUT2D eigenvalue weighted by Crippen LogP contribution is -2.12. The van der Waals surface area contributed by atoms with Crippen LogP contribution in [-0.4, -0.2) is 10.6 Å². The third-order valence-corrected chi connectivity index (χ3v) is 3.75. The van der Waals surface area contributed by atoms with E-state index in [0.717, 1.165) is 22.6 Å². The Morgan fingerprint density at radius 3 is 1.76 bits per heavy atom. The Morgan fingerprint density at radius 2 is 1.32 bits per heavy atom. The minimum Gasteiger partial charge on any atom is -0.258 e. The molecule has 0 saturated carbocycles. The minimum atomic E-state index is -0.406. The lowest BCUT2D eigenvalue weighted by molar-refractivity contribution is -0.384. The van der Waals surface area contributed by atoms with Gasteiger partial charge < -0.3 is 0 Å². The molecule has 25 heavy (non-hydrogen) atoms. The van der Waals surface area contributed by atoms with Crippen molar-refractivity contribution in [1.29, 1.82) is 0 Å². The summed E-state index contributed by atoms with van der Waals surface area (Å²) in [5.74, 6) is 0. The molecule has 0 aliphatic heterocycles. The summed E-state index contributed by atoms with van der Waals surface area (Å²) in [6.45, 7) is 1.89. The number of nitro groups is 1. The van der Waals surface area contributed by atoms with Crippen LogP contribution in [0.5, 0.6) is 0 Å². The van der Waals surface area contributed by atoms with Crippen molar-refractivity contribution >= 4 is 22.8 Å².